The molecule has 0 amide bonds. The number of aliphatic hydroxyl groups excluding tert-OH is 1. The van der Waals surface area contributed by atoms with Crippen LogP contribution in [0.25, 0.3) is 0 Å². The largest absolute Gasteiger partial charge is 0.391 e. The maximum atomic E-state index is 10.0. The smallest absolute Gasteiger partial charge is 0.0710 e. The molecule has 1 saturated heterocycles. The first-order chi connectivity index (χ1) is 8.31. The molecule has 3 nitrogen and oxygen atoms in total. The van der Waals surface area contributed by atoms with E-state index < -0.39 is 0 Å². The van der Waals surface area contributed by atoms with Gasteiger partial charge in [0.25, 0.3) is 0 Å². The quantitative estimate of drug-likeness (QED) is 0.835. The van der Waals surface area contributed by atoms with Crippen molar-refractivity contribution in [2.75, 3.05) is 26.8 Å². The van der Waals surface area contributed by atoms with Crippen LogP contribution in [0.15, 0.2) is 30.3 Å². The van der Waals surface area contributed by atoms with E-state index in [0.717, 1.165) is 32.5 Å². The fourth-order valence-corrected chi connectivity index (χ4v) is 2.51. The van der Waals surface area contributed by atoms with E-state index in [1.807, 2.05) is 6.07 Å². The lowest BCUT2D eigenvalue weighted by Gasteiger charge is -2.26. The third-order valence-corrected chi connectivity index (χ3v) is 3.50. The highest BCUT2D eigenvalue weighted by atomic mass is 16.5. The van der Waals surface area contributed by atoms with E-state index in [-0.39, 0.29) is 12.1 Å². The number of benzene rings is 1. The maximum Gasteiger partial charge on any atom is 0.0710 e. The summed E-state index contributed by atoms with van der Waals surface area (Å²) >= 11 is 0. The second-order valence-electron chi connectivity index (χ2n) is 4.64. The van der Waals surface area contributed by atoms with Crippen LogP contribution in [0, 0.1) is 0 Å². The zero-order chi connectivity index (χ0) is 12.1. The topological polar surface area (TPSA) is 32.7 Å². The van der Waals surface area contributed by atoms with Crippen LogP contribution in [0.3, 0.4) is 0 Å². The molecule has 0 bridgehead atoms. The molecule has 1 N–H and O–H groups in total. The Hall–Kier alpha value is -0.900. The zero-order valence-corrected chi connectivity index (χ0v) is 10.4. The summed E-state index contributed by atoms with van der Waals surface area (Å²) in [4.78, 5) is 2.33. The van der Waals surface area contributed by atoms with E-state index in [1.54, 1.807) is 7.11 Å². The van der Waals surface area contributed by atoms with E-state index in [4.69, 9.17) is 4.74 Å². The van der Waals surface area contributed by atoms with Crippen molar-refractivity contribution < 1.29 is 9.84 Å². The van der Waals surface area contributed by atoms with Crippen LogP contribution in [-0.4, -0.2) is 49.0 Å². The SMILES string of the molecule is COCCN1CC[C@@H](O)[C@H]1Cc1ccccc1. The van der Waals surface area contributed by atoms with Crippen molar-refractivity contribution in [3.63, 3.8) is 0 Å². The second-order valence-corrected chi connectivity index (χ2v) is 4.64. The van der Waals surface area contributed by atoms with E-state index in [0.29, 0.717) is 0 Å². The highest BCUT2D eigenvalue weighted by Crippen LogP contribution is 2.21. The monoisotopic (exact) mass is 235 g/mol. The fourth-order valence-electron chi connectivity index (χ4n) is 2.51. The van der Waals surface area contributed by atoms with Crippen LogP contribution >= 0.6 is 0 Å². The molecule has 2 rings (SSSR count). The summed E-state index contributed by atoms with van der Waals surface area (Å²) in [5.74, 6) is 0. The number of nitrogens with zero attached hydrogens (tertiary/aromatic N) is 1. The van der Waals surface area contributed by atoms with Gasteiger partial charge in [0.05, 0.1) is 12.7 Å². The molecule has 0 radical (unpaired) electrons. The average Bonchev–Trinajstić information content (AvgIpc) is 2.70. The summed E-state index contributed by atoms with van der Waals surface area (Å²) in [6, 6.07) is 10.6. The molecule has 1 aliphatic heterocycles. The molecule has 1 aromatic carbocycles. The molecule has 1 aliphatic rings. The Labute approximate surface area is 103 Å². The van der Waals surface area contributed by atoms with Gasteiger partial charge in [-0.1, -0.05) is 30.3 Å². The van der Waals surface area contributed by atoms with Gasteiger partial charge in [-0.3, -0.25) is 4.90 Å². The molecule has 0 spiro atoms. The third-order valence-electron chi connectivity index (χ3n) is 3.50. The molecule has 2 atom stereocenters. The Morgan fingerprint density at radius 1 is 1.35 bits per heavy atom. The number of likely N-dealkylation sites (tertiary alicyclic amines) is 1. The summed E-state index contributed by atoms with van der Waals surface area (Å²) in [5, 5.41) is 10.0. The molecule has 3 heteroatoms. The minimum atomic E-state index is -0.202. The van der Waals surface area contributed by atoms with Gasteiger partial charge in [0.2, 0.25) is 0 Å². The Bertz CT molecular complexity index is 328. The predicted molar refractivity (Wildman–Crippen MR) is 68.0 cm³/mol. The summed E-state index contributed by atoms with van der Waals surface area (Å²) in [5.41, 5.74) is 1.29. The molecule has 1 heterocycles. The average molecular weight is 235 g/mol. The molecule has 17 heavy (non-hydrogen) atoms. The normalized spacial score (nSPS) is 25.3. The molecule has 0 aromatic heterocycles. The first-order valence-electron chi connectivity index (χ1n) is 6.26. The Morgan fingerprint density at radius 3 is 2.82 bits per heavy atom. The minimum absolute atomic E-state index is 0.202. The maximum absolute atomic E-state index is 10.0. The number of hydrogen-bond donors (Lipinski definition) is 1. The van der Waals surface area contributed by atoms with Crippen molar-refractivity contribution in [3.05, 3.63) is 35.9 Å². The van der Waals surface area contributed by atoms with Gasteiger partial charge in [0, 0.05) is 26.2 Å². The van der Waals surface area contributed by atoms with Crippen LogP contribution in [0.2, 0.25) is 0 Å². The molecule has 94 valence electrons. The molecule has 0 unspecified atom stereocenters. The van der Waals surface area contributed by atoms with Gasteiger partial charge in [-0.2, -0.15) is 0 Å². The highest BCUT2D eigenvalue weighted by Gasteiger charge is 2.32. The Morgan fingerprint density at radius 2 is 2.12 bits per heavy atom. The van der Waals surface area contributed by atoms with Crippen molar-refractivity contribution in [1.29, 1.82) is 0 Å². The summed E-state index contributed by atoms with van der Waals surface area (Å²) in [7, 11) is 1.72. The molecule has 1 aromatic rings. The van der Waals surface area contributed by atoms with Crippen molar-refractivity contribution >= 4 is 0 Å². The van der Waals surface area contributed by atoms with E-state index in [2.05, 4.69) is 29.2 Å². The Balaban J connectivity index is 1.96. The lowest BCUT2D eigenvalue weighted by molar-refractivity contribution is 0.0933. The minimum Gasteiger partial charge on any atom is -0.391 e. The van der Waals surface area contributed by atoms with E-state index >= 15 is 0 Å². The van der Waals surface area contributed by atoms with Gasteiger partial charge < -0.3 is 9.84 Å². The molecular formula is C14H21NO2. The van der Waals surface area contributed by atoms with Crippen LogP contribution in [-0.2, 0) is 11.2 Å². The fraction of sp³-hybridized carbons (Fsp3) is 0.571. The van der Waals surface area contributed by atoms with Gasteiger partial charge in [-0.15, -0.1) is 0 Å². The van der Waals surface area contributed by atoms with Crippen molar-refractivity contribution in [1.82, 2.24) is 4.90 Å². The number of ether oxygens (including phenoxy) is 1. The molecular weight excluding hydrogens is 214 g/mol. The standard InChI is InChI=1S/C14H21NO2/c1-17-10-9-15-8-7-14(16)13(15)11-12-5-3-2-4-6-12/h2-6,13-14,16H,7-11H2,1H3/t13-,14-/m1/s1. The second kappa shape index (κ2) is 6.15. The van der Waals surface area contributed by atoms with Crippen molar-refractivity contribution in [3.8, 4) is 0 Å². The molecule has 0 aliphatic carbocycles. The van der Waals surface area contributed by atoms with Crippen LogP contribution in [0.5, 0.6) is 0 Å². The van der Waals surface area contributed by atoms with Gasteiger partial charge in [0.1, 0.15) is 0 Å². The third kappa shape index (κ3) is 3.28. The van der Waals surface area contributed by atoms with Gasteiger partial charge in [-0.05, 0) is 18.4 Å². The Kier molecular flexibility index (Phi) is 4.54. The first kappa shape index (κ1) is 12.6. The number of hydrogen-bond acceptors (Lipinski definition) is 3. The summed E-state index contributed by atoms with van der Waals surface area (Å²) < 4.78 is 5.11. The molecule has 0 saturated carbocycles. The van der Waals surface area contributed by atoms with Crippen molar-refractivity contribution in [2.24, 2.45) is 0 Å². The van der Waals surface area contributed by atoms with E-state index in [9.17, 15) is 5.11 Å². The van der Waals surface area contributed by atoms with Crippen LogP contribution in [0.4, 0.5) is 0 Å². The first-order valence-corrected chi connectivity index (χ1v) is 6.26. The number of methoxy groups -OCH3 is 1. The summed E-state index contributed by atoms with van der Waals surface area (Å²) in [6.07, 6.45) is 1.60. The predicted octanol–water partition coefficient (Wildman–Crippen LogP) is 1.31. The number of rotatable bonds is 5. The van der Waals surface area contributed by atoms with Crippen LogP contribution < -0.4 is 0 Å². The lowest BCUT2D eigenvalue weighted by atomic mass is 10.0. The van der Waals surface area contributed by atoms with Gasteiger partial charge >= 0.3 is 0 Å². The van der Waals surface area contributed by atoms with Gasteiger partial charge in [0.15, 0.2) is 0 Å². The van der Waals surface area contributed by atoms with Crippen molar-refractivity contribution in [2.45, 2.75) is 25.0 Å². The summed E-state index contributed by atoms with van der Waals surface area (Å²) in [6.45, 7) is 2.62. The number of aliphatic hydroxyl groups is 1. The molecule has 1 fully saturated rings. The highest BCUT2D eigenvalue weighted by molar-refractivity contribution is 5.16. The lowest BCUT2D eigenvalue weighted by Crippen LogP contribution is -2.38. The zero-order valence-electron chi connectivity index (χ0n) is 10.4. The van der Waals surface area contributed by atoms with Gasteiger partial charge in [-0.25, -0.2) is 0 Å². The van der Waals surface area contributed by atoms with E-state index in [1.165, 1.54) is 5.56 Å². The van der Waals surface area contributed by atoms with Crippen LogP contribution in [0.1, 0.15) is 12.0 Å².